The van der Waals surface area contributed by atoms with Crippen LogP contribution in [0.4, 0.5) is 0 Å². The van der Waals surface area contributed by atoms with Crippen molar-refractivity contribution in [3.05, 3.63) is 72.1 Å². The molecule has 0 bridgehead atoms. The topological polar surface area (TPSA) is 93.3 Å². The van der Waals surface area contributed by atoms with E-state index in [2.05, 4.69) is 20.5 Å². The molecule has 3 aromatic rings. The second-order valence-corrected chi connectivity index (χ2v) is 5.30. The summed E-state index contributed by atoms with van der Waals surface area (Å²) in [6.07, 6.45) is 5.26. The third-order valence-electron chi connectivity index (χ3n) is 3.54. The predicted molar refractivity (Wildman–Crippen MR) is 93.4 cm³/mol. The van der Waals surface area contributed by atoms with Crippen LogP contribution in [0.5, 0.6) is 0 Å². The Balaban J connectivity index is 1.64. The van der Waals surface area contributed by atoms with Crippen molar-refractivity contribution in [2.24, 2.45) is 10.8 Å². The highest BCUT2D eigenvalue weighted by Crippen LogP contribution is 2.11. The summed E-state index contributed by atoms with van der Waals surface area (Å²) in [5.41, 5.74) is 11.7. The predicted octanol–water partition coefficient (Wildman–Crippen LogP) is 1.65. The largest absolute Gasteiger partial charge is 0.320 e. The number of amides is 1. The molecule has 1 aromatic heterocycles. The minimum Gasteiger partial charge on any atom is -0.320 e. The molecule has 120 valence electrons. The third-order valence-corrected chi connectivity index (χ3v) is 3.54. The van der Waals surface area contributed by atoms with Crippen LogP contribution >= 0.6 is 0 Å². The Morgan fingerprint density at radius 1 is 1.12 bits per heavy atom. The van der Waals surface area contributed by atoms with Gasteiger partial charge in [-0.1, -0.05) is 42.5 Å². The summed E-state index contributed by atoms with van der Waals surface area (Å²) < 4.78 is 0. The number of fused-ring (bicyclic) bond motifs is 1. The molecule has 0 aliphatic heterocycles. The number of hydrogen-bond acceptors (Lipinski definition) is 5. The molecule has 0 aliphatic carbocycles. The van der Waals surface area contributed by atoms with Gasteiger partial charge in [-0.2, -0.15) is 5.10 Å². The fourth-order valence-electron chi connectivity index (χ4n) is 2.33. The van der Waals surface area contributed by atoms with Crippen LogP contribution in [0.1, 0.15) is 11.1 Å². The standard InChI is InChI=1S/C18H17N5O/c19-15(11-13-5-2-1-3-6-13)18(24)23-22-12-14-7-4-8-16-17(14)21-10-9-20-16/h1-10,12,15H,11,19H2,(H,23,24)/b22-12+/t15-/m0/s1. The van der Waals surface area contributed by atoms with Gasteiger partial charge in [0.2, 0.25) is 0 Å². The Labute approximate surface area is 139 Å². The van der Waals surface area contributed by atoms with E-state index in [1.807, 2.05) is 48.5 Å². The Morgan fingerprint density at radius 2 is 1.92 bits per heavy atom. The lowest BCUT2D eigenvalue weighted by atomic mass is 10.1. The highest BCUT2D eigenvalue weighted by molar-refractivity contribution is 5.96. The second-order valence-electron chi connectivity index (χ2n) is 5.30. The molecular weight excluding hydrogens is 302 g/mol. The van der Waals surface area contributed by atoms with Gasteiger partial charge in [0.25, 0.3) is 5.91 Å². The molecule has 1 amide bonds. The first-order valence-corrected chi connectivity index (χ1v) is 7.56. The zero-order valence-electron chi connectivity index (χ0n) is 13.0. The van der Waals surface area contributed by atoms with Crippen LogP contribution in [-0.4, -0.2) is 28.1 Å². The van der Waals surface area contributed by atoms with E-state index in [1.54, 1.807) is 18.6 Å². The average Bonchev–Trinajstić information content (AvgIpc) is 2.62. The number of aromatic nitrogens is 2. The molecule has 0 fully saturated rings. The molecule has 1 atom stereocenters. The summed E-state index contributed by atoms with van der Waals surface area (Å²) in [4.78, 5) is 20.5. The van der Waals surface area contributed by atoms with E-state index < -0.39 is 6.04 Å². The maximum atomic E-state index is 12.0. The first kappa shape index (κ1) is 15.8. The summed E-state index contributed by atoms with van der Waals surface area (Å²) >= 11 is 0. The minimum atomic E-state index is -0.656. The lowest BCUT2D eigenvalue weighted by Gasteiger charge is -2.09. The molecule has 3 N–H and O–H groups in total. The van der Waals surface area contributed by atoms with Crippen LogP contribution in [-0.2, 0) is 11.2 Å². The number of nitrogens with two attached hydrogens (primary N) is 1. The van der Waals surface area contributed by atoms with E-state index in [0.717, 1.165) is 22.2 Å². The fourth-order valence-corrected chi connectivity index (χ4v) is 2.33. The Bertz CT molecular complexity index is 858. The van der Waals surface area contributed by atoms with Gasteiger partial charge in [0.15, 0.2) is 0 Å². The van der Waals surface area contributed by atoms with Crippen molar-refractivity contribution in [1.82, 2.24) is 15.4 Å². The Kier molecular flexibility index (Phi) is 4.88. The number of nitrogens with zero attached hydrogens (tertiary/aromatic N) is 3. The monoisotopic (exact) mass is 319 g/mol. The summed E-state index contributed by atoms with van der Waals surface area (Å²) in [5, 5.41) is 3.98. The lowest BCUT2D eigenvalue weighted by Crippen LogP contribution is -2.39. The second kappa shape index (κ2) is 7.43. The van der Waals surface area contributed by atoms with Crippen LogP contribution in [0.15, 0.2) is 66.0 Å². The molecule has 0 saturated heterocycles. The van der Waals surface area contributed by atoms with Crippen LogP contribution in [0, 0.1) is 0 Å². The summed E-state index contributed by atoms with van der Waals surface area (Å²) in [6.45, 7) is 0. The van der Waals surface area contributed by atoms with Gasteiger partial charge in [-0.3, -0.25) is 14.8 Å². The number of carbonyl (C=O) groups is 1. The number of hydrogen-bond donors (Lipinski definition) is 2. The zero-order chi connectivity index (χ0) is 16.8. The molecule has 3 rings (SSSR count). The summed E-state index contributed by atoms with van der Waals surface area (Å²) in [7, 11) is 0. The van der Waals surface area contributed by atoms with Crippen LogP contribution in [0.25, 0.3) is 11.0 Å². The van der Waals surface area contributed by atoms with Gasteiger partial charge in [0, 0.05) is 18.0 Å². The van der Waals surface area contributed by atoms with Gasteiger partial charge >= 0.3 is 0 Å². The van der Waals surface area contributed by atoms with E-state index >= 15 is 0 Å². The first-order chi connectivity index (χ1) is 11.7. The highest BCUT2D eigenvalue weighted by Gasteiger charge is 2.13. The highest BCUT2D eigenvalue weighted by atomic mass is 16.2. The number of nitrogens with one attached hydrogen (secondary N) is 1. The number of para-hydroxylation sites is 1. The molecule has 1 heterocycles. The van der Waals surface area contributed by atoms with Crippen molar-refractivity contribution < 1.29 is 4.79 Å². The number of carbonyl (C=O) groups excluding carboxylic acids is 1. The SMILES string of the molecule is N[C@@H](Cc1ccccc1)C(=O)N/N=C/c1cccc2nccnc12. The maximum absolute atomic E-state index is 12.0. The van der Waals surface area contributed by atoms with E-state index in [4.69, 9.17) is 5.73 Å². The van der Waals surface area contributed by atoms with E-state index in [-0.39, 0.29) is 5.91 Å². The molecule has 6 heteroatoms. The van der Waals surface area contributed by atoms with Crippen molar-refractivity contribution in [3.63, 3.8) is 0 Å². The van der Waals surface area contributed by atoms with E-state index in [0.29, 0.717) is 6.42 Å². The molecular formula is C18H17N5O. The van der Waals surface area contributed by atoms with E-state index in [9.17, 15) is 4.79 Å². The van der Waals surface area contributed by atoms with Crippen LogP contribution in [0.3, 0.4) is 0 Å². The summed E-state index contributed by atoms with van der Waals surface area (Å²) in [5.74, 6) is -0.332. The van der Waals surface area contributed by atoms with E-state index in [1.165, 1.54) is 0 Å². The molecule has 0 saturated carbocycles. The first-order valence-electron chi connectivity index (χ1n) is 7.56. The Hall–Kier alpha value is -3.12. The minimum absolute atomic E-state index is 0.332. The maximum Gasteiger partial charge on any atom is 0.257 e. The van der Waals surface area contributed by atoms with Crippen LogP contribution in [0.2, 0.25) is 0 Å². The zero-order valence-corrected chi connectivity index (χ0v) is 13.0. The van der Waals surface area contributed by atoms with Crippen molar-refractivity contribution in [2.45, 2.75) is 12.5 Å². The average molecular weight is 319 g/mol. The number of benzene rings is 2. The fraction of sp³-hybridized carbons (Fsp3) is 0.111. The van der Waals surface area contributed by atoms with Gasteiger partial charge < -0.3 is 5.73 Å². The summed E-state index contributed by atoms with van der Waals surface area (Å²) in [6, 6.07) is 14.6. The van der Waals surface area contributed by atoms with Gasteiger partial charge in [0.1, 0.15) is 0 Å². The number of rotatable bonds is 5. The normalized spacial score (nSPS) is 12.4. The molecule has 2 aromatic carbocycles. The van der Waals surface area contributed by atoms with Crippen molar-refractivity contribution in [2.75, 3.05) is 0 Å². The molecule has 24 heavy (non-hydrogen) atoms. The van der Waals surface area contributed by atoms with Crippen LogP contribution < -0.4 is 11.2 Å². The van der Waals surface area contributed by atoms with Crippen molar-refractivity contribution >= 4 is 23.2 Å². The molecule has 6 nitrogen and oxygen atoms in total. The Morgan fingerprint density at radius 3 is 2.75 bits per heavy atom. The smallest absolute Gasteiger partial charge is 0.257 e. The quantitative estimate of drug-likeness (QED) is 0.552. The molecule has 0 radical (unpaired) electrons. The molecule has 0 spiro atoms. The van der Waals surface area contributed by atoms with Crippen molar-refractivity contribution in [1.29, 1.82) is 0 Å². The third kappa shape index (κ3) is 3.80. The lowest BCUT2D eigenvalue weighted by molar-refractivity contribution is -0.122. The van der Waals surface area contributed by atoms with Gasteiger partial charge in [-0.05, 0) is 18.1 Å². The van der Waals surface area contributed by atoms with Gasteiger partial charge in [0.05, 0.1) is 23.3 Å². The van der Waals surface area contributed by atoms with Gasteiger partial charge in [-0.25, -0.2) is 5.43 Å². The molecule has 0 aliphatic rings. The molecule has 0 unspecified atom stereocenters. The van der Waals surface area contributed by atoms with Crippen molar-refractivity contribution in [3.8, 4) is 0 Å². The number of hydrazone groups is 1. The van der Waals surface area contributed by atoms with Gasteiger partial charge in [-0.15, -0.1) is 0 Å².